The number of nitrogens with zero attached hydrogens (tertiary/aromatic N) is 2. The largest absolute Gasteiger partial charge is 0.364 e. The maximum absolute atomic E-state index is 13.2. The number of benzene rings is 1. The predicted molar refractivity (Wildman–Crippen MR) is 91.4 cm³/mol. The van der Waals surface area contributed by atoms with Crippen LogP contribution in [0.4, 0.5) is 4.39 Å². The molecule has 3 atom stereocenters. The van der Waals surface area contributed by atoms with Crippen LogP contribution in [0.3, 0.4) is 0 Å². The van der Waals surface area contributed by atoms with Crippen molar-refractivity contribution in [2.75, 3.05) is 20.6 Å². The predicted octanol–water partition coefficient (Wildman–Crippen LogP) is 1.86. The van der Waals surface area contributed by atoms with E-state index in [-0.39, 0.29) is 30.0 Å². The summed E-state index contributed by atoms with van der Waals surface area (Å²) in [7, 11) is 3.47. The van der Waals surface area contributed by atoms with Gasteiger partial charge in [-0.1, -0.05) is 12.1 Å². The van der Waals surface area contributed by atoms with Crippen LogP contribution < -0.4 is 5.32 Å². The molecule has 25 heavy (non-hydrogen) atoms. The molecule has 134 valence electrons. The molecule has 3 rings (SSSR count). The summed E-state index contributed by atoms with van der Waals surface area (Å²) in [4.78, 5) is 21.0. The Morgan fingerprint density at radius 1 is 1.40 bits per heavy atom. The highest BCUT2D eigenvalue weighted by atomic mass is 19.1. The number of aromatic nitrogens is 2. The maximum atomic E-state index is 13.2. The van der Waals surface area contributed by atoms with Crippen molar-refractivity contribution in [2.45, 2.75) is 31.1 Å². The van der Waals surface area contributed by atoms with Crippen molar-refractivity contribution in [1.29, 1.82) is 0 Å². The zero-order valence-electron chi connectivity index (χ0n) is 14.4. The third kappa shape index (κ3) is 4.24. The molecule has 0 bridgehead atoms. The monoisotopic (exact) mass is 346 g/mol. The van der Waals surface area contributed by atoms with E-state index in [4.69, 9.17) is 4.74 Å². The number of aromatic amines is 1. The summed E-state index contributed by atoms with van der Waals surface area (Å²) in [6.45, 7) is 0.583. The summed E-state index contributed by atoms with van der Waals surface area (Å²) in [5.41, 5.74) is 0.912. The number of imidazole rings is 1. The number of rotatable bonds is 6. The lowest BCUT2D eigenvalue weighted by molar-refractivity contribution is -0.140. The van der Waals surface area contributed by atoms with Crippen molar-refractivity contribution in [3.05, 3.63) is 53.9 Å². The molecule has 2 aromatic rings. The van der Waals surface area contributed by atoms with Crippen LogP contribution in [0.2, 0.25) is 0 Å². The summed E-state index contributed by atoms with van der Waals surface area (Å²) in [6.07, 6.45) is 4.59. The molecule has 2 N–H and O–H groups in total. The SMILES string of the molecule is CN(C)C(=O)[C@@H]1CC[C@@H](CN[C@@H](c2ccc(F)cc2)c2ncc[nH]2)O1. The minimum Gasteiger partial charge on any atom is -0.364 e. The minimum atomic E-state index is -0.366. The lowest BCUT2D eigenvalue weighted by Crippen LogP contribution is -2.36. The Kier molecular flexibility index (Phi) is 5.45. The zero-order valence-corrected chi connectivity index (χ0v) is 14.4. The van der Waals surface area contributed by atoms with Crippen molar-refractivity contribution >= 4 is 5.91 Å². The highest BCUT2D eigenvalue weighted by Gasteiger charge is 2.32. The first-order valence-electron chi connectivity index (χ1n) is 8.39. The molecule has 0 radical (unpaired) electrons. The van der Waals surface area contributed by atoms with Crippen molar-refractivity contribution in [1.82, 2.24) is 20.2 Å². The van der Waals surface area contributed by atoms with E-state index in [2.05, 4.69) is 15.3 Å². The first kappa shape index (κ1) is 17.6. The molecule has 1 aliphatic heterocycles. The molecule has 1 aromatic heterocycles. The van der Waals surface area contributed by atoms with Gasteiger partial charge in [-0.15, -0.1) is 0 Å². The number of hydrogen-bond donors (Lipinski definition) is 2. The number of hydrogen-bond acceptors (Lipinski definition) is 4. The van der Waals surface area contributed by atoms with Crippen LogP contribution in [0.15, 0.2) is 36.7 Å². The molecule has 0 spiro atoms. The molecule has 1 saturated heterocycles. The van der Waals surface area contributed by atoms with Crippen LogP contribution >= 0.6 is 0 Å². The van der Waals surface area contributed by atoms with Gasteiger partial charge in [0, 0.05) is 33.0 Å². The lowest BCUT2D eigenvalue weighted by atomic mass is 10.1. The topological polar surface area (TPSA) is 70.2 Å². The second-order valence-electron chi connectivity index (χ2n) is 6.42. The van der Waals surface area contributed by atoms with Gasteiger partial charge in [0.1, 0.15) is 17.7 Å². The fourth-order valence-electron chi connectivity index (χ4n) is 3.04. The van der Waals surface area contributed by atoms with E-state index in [0.29, 0.717) is 6.54 Å². The number of carbonyl (C=O) groups excluding carboxylic acids is 1. The van der Waals surface area contributed by atoms with E-state index >= 15 is 0 Å². The second-order valence-corrected chi connectivity index (χ2v) is 6.42. The van der Waals surface area contributed by atoms with Gasteiger partial charge in [0.25, 0.3) is 5.91 Å². The second kappa shape index (κ2) is 7.76. The Hall–Kier alpha value is -2.25. The average molecular weight is 346 g/mol. The maximum Gasteiger partial charge on any atom is 0.251 e. The third-order valence-corrected chi connectivity index (χ3v) is 4.37. The summed E-state index contributed by atoms with van der Waals surface area (Å²) >= 11 is 0. The first-order valence-corrected chi connectivity index (χ1v) is 8.39. The van der Waals surface area contributed by atoms with E-state index in [1.54, 1.807) is 43.5 Å². The zero-order chi connectivity index (χ0) is 17.8. The number of H-pyrrole nitrogens is 1. The molecule has 7 heteroatoms. The summed E-state index contributed by atoms with van der Waals surface area (Å²) in [6, 6.07) is 6.16. The molecule has 2 heterocycles. The number of amides is 1. The fraction of sp³-hybridized carbons (Fsp3) is 0.444. The Morgan fingerprint density at radius 2 is 2.16 bits per heavy atom. The molecule has 0 unspecified atom stereocenters. The molecular weight excluding hydrogens is 323 g/mol. The van der Waals surface area contributed by atoms with Crippen molar-refractivity contribution < 1.29 is 13.9 Å². The summed E-state index contributed by atoms with van der Waals surface area (Å²) in [5.74, 6) is 0.486. The van der Waals surface area contributed by atoms with Gasteiger partial charge in [-0.2, -0.15) is 0 Å². The van der Waals surface area contributed by atoms with Crippen LogP contribution in [0.25, 0.3) is 0 Å². The molecule has 1 aromatic carbocycles. The molecule has 0 aliphatic carbocycles. The van der Waals surface area contributed by atoms with Crippen LogP contribution in [0.1, 0.15) is 30.3 Å². The van der Waals surface area contributed by atoms with E-state index in [9.17, 15) is 9.18 Å². The molecule has 1 amide bonds. The Bertz CT molecular complexity index is 688. The molecule has 0 saturated carbocycles. The Balaban J connectivity index is 1.64. The van der Waals surface area contributed by atoms with Gasteiger partial charge in [0.05, 0.1) is 12.1 Å². The quantitative estimate of drug-likeness (QED) is 0.838. The van der Waals surface area contributed by atoms with Gasteiger partial charge in [0.2, 0.25) is 0 Å². The Labute approximate surface area is 146 Å². The number of ether oxygens (including phenoxy) is 1. The third-order valence-electron chi connectivity index (χ3n) is 4.37. The van der Waals surface area contributed by atoms with Crippen molar-refractivity contribution in [3.8, 4) is 0 Å². The van der Waals surface area contributed by atoms with E-state index in [0.717, 1.165) is 24.2 Å². The average Bonchev–Trinajstić information content (AvgIpc) is 3.28. The van der Waals surface area contributed by atoms with Crippen LogP contribution in [0, 0.1) is 5.82 Å². The normalized spacial score (nSPS) is 21.2. The summed E-state index contributed by atoms with van der Waals surface area (Å²) in [5, 5.41) is 3.42. The number of carbonyl (C=O) groups is 1. The van der Waals surface area contributed by atoms with Crippen LogP contribution in [-0.2, 0) is 9.53 Å². The Morgan fingerprint density at radius 3 is 2.80 bits per heavy atom. The van der Waals surface area contributed by atoms with Crippen LogP contribution in [-0.4, -0.2) is 53.6 Å². The van der Waals surface area contributed by atoms with Gasteiger partial charge in [-0.25, -0.2) is 9.37 Å². The standard InChI is InChI=1S/C18H23FN4O2/c1-23(2)18(24)15-8-7-14(25-15)11-22-16(17-20-9-10-21-17)12-3-5-13(19)6-4-12/h3-6,9-10,14-16,22H,7-8,11H2,1-2H3,(H,20,21)/t14-,15-,16-/m0/s1. The smallest absolute Gasteiger partial charge is 0.251 e. The van der Waals surface area contributed by atoms with E-state index in [1.807, 2.05) is 0 Å². The molecule has 1 fully saturated rings. The number of nitrogens with one attached hydrogen (secondary N) is 2. The molecule has 1 aliphatic rings. The van der Waals surface area contributed by atoms with Crippen molar-refractivity contribution in [2.24, 2.45) is 0 Å². The first-order chi connectivity index (χ1) is 12.0. The summed E-state index contributed by atoms with van der Waals surface area (Å²) < 4.78 is 19.1. The number of halogens is 1. The van der Waals surface area contributed by atoms with E-state index < -0.39 is 0 Å². The van der Waals surface area contributed by atoms with Gasteiger partial charge in [-0.3, -0.25) is 4.79 Å². The molecular formula is C18H23FN4O2. The minimum absolute atomic E-state index is 0.00335. The van der Waals surface area contributed by atoms with Crippen molar-refractivity contribution in [3.63, 3.8) is 0 Å². The fourth-order valence-corrected chi connectivity index (χ4v) is 3.04. The van der Waals surface area contributed by atoms with Crippen LogP contribution in [0.5, 0.6) is 0 Å². The van der Waals surface area contributed by atoms with Gasteiger partial charge < -0.3 is 19.9 Å². The van der Waals surface area contributed by atoms with Gasteiger partial charge in [-0.05, 0) is 30.5 Å². The lowest BCUT2D eigenvalue weighted by Gasteiger charge is -2.21. The van der Waals surface area contributed by atoms with Gasteiger partial charge in [0.15, 0.2) is 0 Å². The molecule has 6 nitrogen and oxygen atoms in total. The number of likely N-dealkylation sites (N-methyl/N-ethyl adjacent to an activating group) is 1. The van der Waals surface area contributed by atoms with Gasteiger partial charge >= 0.3 is 0 Å². The highest BCUT2D eigenvalue weighted by molar-refractivity contribution is 5.80. The van der Waals surface area contributed by atoms with E-state index in [1.165, 1.54) is 12.1 Å². The highest BCUT2D eigenvalue weighted by Crippen LogP contribution is 2.23.